The van der Waals surface area contributed by atoms with Gasteiger partial charge < -0.3 is 15.1 Å². The fraction of sp³-hybridized carbons (Fsp3) is 0.429. The van der Waals surface area contributed by atoms with Crippen molar-refractivity contribution in [2.75, 3.05) is 39.5 Å². The summed E-state index contributed by atoms with van der Waals surface area (Å²) in [4.78, 5) is 26.8. The lowest BCUT2D eigenvalue weighted by Gasteiger charge is -2.20. The second-order valence-electron chi connectivity index (χ2n) is 4.53. The molecule has 0 aliphatic heterocycles. The molecule has 0 aliphatic rings. The van der Waals surface area contributed by atoms with Gasteiger partial charge in [-0.05, 0) is 19.1 Å². The summed E-state index contributed by atoms with van der Waals surface area (Å²) in [5.41, 5.74) is 1.37. The molecule has 0 radical (unpaired) electrons. The Morgan fingerprint density at radius 2 is 1.79 bits per heavy atom. The molecule has 0 unspecified atom stereocenters. The van der Waals surface area contributed by atoms with Crippen LogP contribution in [0.4, 0.5) is 5.69 Å². The number of amides is 2. The van der Waals surface area contributed by atoms with Gasteiger partial charge in [0.25, 0.3) is 5.91 Å². The molecule has 0 aromatic heterocycles. The Morgan fingerprint density at radius 3 is 2.37 bits per heavy atom. The van der Waals surface area contributed by atoms with Crippen LogP contribution in [-0.4, -0.2) is 55.8 Å². The topological polar surface area (TPSA) is 52.7 Å². The average molecular weight is 263 g/mol. The van der Waals surface area contributed by atoms with Crippen LogP contribution in [0.3, 0.4) is 0 Å². The molecule has 1 N–H and O–H groups in total. The molecule has 0 spiro atoms. The molecule has 0 bridgehead atoms. The summed E-state index contributed by atoms with van der Waals surface area (Å²) in [5, 5.41) is 3.15. The quantitative estimate of drug-likeness (QED) is 0.870. The highest BCUT2D eigenvalue weighted by Crippen LogP contribution is 2.16. The number of rotatable bonds is 5. The highest BCUT2D eigenvalue weighted by Gasteiger charge is 2.18. The van der Waals surface area contributed by atoms with Crippen LogP contribution in [0.2, 0.25) is 0 Å². The molecule has 0 saturated carbocycles. The average Bonchev–Trinajstić information content (AvgIpc) is 2.38. The fourth-order valence-corrected chi connectivity index (χ4v) is 1.64. The number of hydrogen-bond acceptors (Lipinski definition) is 3. The van der Waals surface area contributed by atoms with Crippen LogP contribution < -0.4 is 5.32 Å². The van der Waals surface area contributed by atoms with Gasteiger partial charge in [-0.2, -0.15) is 0 Å². The molecule has 0 fully saturated rings. The van der Waals surface area contributed by atoms with Crippen LogP contribution in [0.15, 0.2) is 24.3 Å². The van der Waals surface area contributed by atoms with Gasteiger partial charge in [0.2, 0.25) is 5.91 Å². The van der Waals surface area contributed by atoms with Gasteiger partial charge in [-0.3, -0.25) is 9.59 Å². The summed E-state index contributed by atoms with van der Waals surface area (Å²) < 4.78 is 0. The molecule has 0 aliphatic carbocycles. The molecular formula is C14H21N3O2. The first-order chi connectivity index (χ1) is 8.97. The minimum Gasteiger partial charge on any atom is -0.385 e. The summed E-state index contributed by atoms with van der Waals surface area (Å²) in [6.07, 6.45) is 0. The number of nitrogens with zero attached hydrogens (tertiary/aromatic N) is 2. The van der Waals surface area contributed by atoms with Crippen molar-refractivity contribution in [3.05, 3.63) is 29.8 Å². The van der Waals surface area contributed by atoms with E-state index in [0.29, 0.717) is 5.56 Å². The number of carbonyl (C=O) groups excluding carboxylic acids is 2. The third-order valence-corrected chi connectivity index (χ3v) is 2.74. The van der Waals surface area contributed by atoms with E-state index < -0.39 is 0 Å². The Labute approximate surface area is 114 Å². The van der Waals surface area contributed by atoms with Crippen LogP contribution in [0, 0.1) is 0 Å². The van der Waals surface area contributed by atoms with Gasteiger partial charge in [-0.15, -0.1) is 0 Å². The van der Waals surface area contributed by atoms with E-state index in [4.69, 9.17) is 0 Å². The summed E-state index contributed by atoms with van der Waals surface area (Å²) in [5.74, 6) is -0.261. The van der Waals surface area contributed by atoms with Gasteiger partial charge in [-0.25, -0.2) is 0 Å². The third kappa shape index (κ3) is 3.98. The van der Waals surface area contributed by atoms with Crippen LogP contribution in [0.1, 0.15) is 17.3 Å². The van der Waals surface area contributed by atoms with Crippen LogP contribution in [-0.2, 0) is 4.79 Å². The Hall–Kier alpha value is -2.04. The van der Waals surface area contributed by atoms with Crippen LogP contribution >= 0.6 is 0 Å². The summed E-state index contributed by atoms with van der Waals surface area (Å²) in [6.45, 7) is 2.79. The highest BCUT2D eigenvalue weighted by atomic mass is 16.2. The van der Waals surface area contributed by atoms with E-state index in [-0.39, 0.29) is 18.4 Å². The van der Waals surface area contributed by atoms with Gasteiger partial charge in [0.15, 0.2) is 0 Å². The van der Waals surface area contributed by atoms with Crippen molar-refractivity contribution < 1.29 is 9.59 Å². The van der Waals surface area contributed by atoms with Gasteiger partial charge in [0, 0.05) is 33.4 Å². The monoisotopic (exact) mass is 263 g/mol. The van der Waals surface area contributed by atoms with Crippen molar-refractivity contribution in [2.24, 2.45) is 0 Å². The van der Waals surface area contributed by atoms with E-state index in [1.165, 1.54) is 9.80 Å². The number of para-hydroxylation sites is 1. The fourth-order valence-electron chi connectivity index (χ4n) is 1.64. The minimum atomic E-state index is -0.160. The second kappa shape index (κ2) is 6.78. The zero-order valence-electron chi connectivity index (χ0n) is 11.9. The predicted octanol–water partition coefficient (Wildman–Crippen LogP) is 1.28. The van der Waals surface area contributed by atoms with Crippen molar-refractivity contribution in [3.8, 4) is 0 Å². The molecule has 5 nitrogen and oxygen atoms in total. The summed E-state index contributed by atoms with van der Waals surface area (Å²) in [6, 6.07) is 7.31. The molecule has 1 aromatic carbocycles. The number of likely N-dealkylation sites (N-methyl/N-ethyl adjacent to an activating group) is 2. The van der Waals surface area contributed by atoms with Gasteiger partial charge in [0.05, 0.1) is 12.1 Å². The Balaban J connectivity index is 2.85. The maximum Gasteiger partial charge on any atom is 0.256 e. The zero-order valence-corrected chi connectivity index (χ0v) is 11.9. The molecule has 5 heteroatoms. The molecule has 0 heterocycles. The minimum absolute atomic E-state index is 0.0757. The lowest BCUT2D eigenvalue weighted by atomic mass is 10.1. The first-order valence-corrected chi connectivity index (χ1v) is 6.25. The van der Waals surface area contributed by atoms with Crippen molar-refractivity contribution in [1.29, 1.82) is 0 Å². The molecular weight excluding hydrogens is 242 g/mol. The highest BCUT2D eigenvalue weighted by molar-refractivity contribution is 6.00. The second-order valence-corrected chi connectivity index (χ2v) is 4.53. The maximum atomic E-state index is 12.3. The number of carbonyl (C=O) groups is 2. The van der Waals surface area contributed by atoms with E-state index in [2.05, 4.69) is 5.32 Å². The normalized spacial score (nSPS) is 9.89. The Morgan fingerprint density at radius 1 is 1.16 bits per heavy atom. The zero-order chi connectivity index (χ0) is 14.4. The number of anilines is 1. The van der Waals surface area contributed by atoms with E-state index in [1.54, 1.807) is 27.2 Å². The van der Waals surface area contributed by atoms with E-state index in [1.807, 2.05) is 25.1 Å². The first-order valence-electron chi connectivity index (χ1n) is 6.25. The maximum absolute atomic E-state index is 12.3. The van der Waals surface area contributed by atoms with Gasteiger partial charge in [0.1, 0.15) is 0 Å². The van der Waals surface area contributed by atoms with E-state index >= 15 is 0 Å². The van der Waals surface area contributed by atoms with Crippen molar-refractivity contribution in [1.82, 2.24) is 9.80 Å². The summed E-state index contributed by atoms with van der Waals surface area (Å²) >= 11 is 0. The van der Waals surface area contributed by atoms with E-state index in [0.717, 1.165) is 12.2 Å². The largest absolute Gasteiger partial charge is 0.385 e. The van der Waals surface area contributed by atoms with Crippen LogP contribution in [0.25, 0.3) is 0 Å². The molecule has 0 saturated heterocycles. The number of hydrogen-bond donors (Lipinski definition) is 1. The van der Waals surface area contributed by atoms with Gasteiger partial charge >= 0.3 is 0 Å². The Kier molecular flexibility index (Phi) is 5.36. The van der Waals surface area contributed by atoms with Crippen molar-refractivity contribution >= 4 is 17.5 Å². The predicted molar refractivity (Wildman–Crippen MR) is 76.3 cm³/mol. The Bertz CT molecular complexity index is 458. The van der Waals surface area contributed by atoms with Crippen LogP contribution in [0.5, 0.6) is 0 Å². The smallest absolute Gasteiger partial charge is 0.256 e. The lowest BCUT2D eigenvalue weighted by Crippen LogP contribution is -2.38. The standard InChI is InChI=1S/C14H21N3O2/c1-5-15-12-9-7-6-8-11(12)14(19)17(4)10-13(18)16(2)3/h6-9,15H,5,10H2,1-4H3. The van der Waals surface area contributed by atoms with Gasteiger partial charge in [-0.1, -0.05) is 12.1 Å². The van der Waals surface area contributed by atoms with E-state index in [9.17, 15) is 9.59 Å². The van der Waals surface area contributed by atoms with Crippen molar-refractivity contribution in [3.63, 3.8) is 0 Å². The molecule has 1 rings (SSSR count). The summed E-state index contributed by atoms with van der Waals surface area (Å²) in [7, 11) is 4.98. The molecule has 19 heavy (non-hydrogen) atoms. The first kappa shape index (κ1) is 15.0. The number of nitrogens with one attached hydrogen (secondary N) is 1. The SMILES string of the molecule is CCNc1ccccc1C(=O)N(C)CC(=O)N(C)C. The molecule has 104 valence electrons. The number of benzene rings is 1. The molecule has 1 aromatic rings. The molecule has 0 atom stereocenters. The van der Waals surface area contributed by atoms with Crippen molar-refractivity contribution in [2.45, 2.75) is 6.92 Å². The lowest BCUT2D eigenvalue weighted by molar-refractivity contribution is -0.129. The third-order valence-electron chi connectivity index (χ3n) is 2.74. The molecule has 2 amide bonds.